The minimum Gasteiger partial charge on any atom is -0.354 e. The van der Waals surface area contributed by atoms with Crippen molar-refractivity contribution in [2.75, 3.05) is 12.3 Å². The summed E-state index contributed by atoms with van der Waals surface area (Å²) in [6.45, 7) is 2.29. The van der Waals surface area contributed by atoms with E-state index in [4.69, 9.17) is 17.3 Å². The minimum atomic E-state index is -0.444. The highest BCUT2D eigenvalue weighted by Gasteiger charge is 2.05. The second-order valence-electron chi connectivity index (χ2n) is 3.38. The lowest BCUT2D eigenvalue weighted by atomic mass is 10.3. The number of benzene rings is 1. The molecule has 88 valence electrons. The van der Waals surface area contributed by atoms with Crippen LogP contribution in [-0.2, 0) is 4.79 Å². The van der Waals surface area contributed by atoms with E-state index in [1.807, 2.05) is 24.3 Å². The number of rotatable bonds is 5. The topological polar surface area (TPSA) is 55.1 Å². The first-order valence-corrected chi connectivity index (χ1v) is 6.37. The Morgan fingerprint density at radius 2 is 2.12 bits per heavy atom. The van der Waals surface area contributed by atoms with Crippen LogP contribution in [-0.4, -0.2) is 24.2 Å². The van der Waals surface area contributed by atoms with Crippen molar-refractivity contribution in [3.8, 4) is 0 Å². The molecule has 0 saturated heterocycles. The van der Waals surface area contributed by atoms with Crippen LogP contribution in [0.5, 0.6) is 0 Å². The first-order valence-electron chi connectivity index (χ1n) is 5.01. The number of carbonyl (C=O) groups is 1. The highest BCUT2D eigenvalue weighted by molar-refractivity contribution is 7.99. The smallest absolute Gasteiger partial charge is 0.236 e. The Hall–Kier alpha value is -0.710. The van der Waals surface area contributed by atoms with Gasteiger partial charge in [-0.3, -0.25) is 4.79 Å². The van der Waals surface area contributed by atoms with E-state index in [0.29, 0.717) is 6.54 Å². The summed E-state index contributed by atoms with van der Waals surface area (Å²) in [6.07, 6.45) is 0. The van der Waals surface area contributed by atoms with Gasteiger partial charge in [0, 0.05) is 22.2 Å². The van der Waals surface area contributed by atoms with Crippen LogP contribution in [0.4, 0.5) is 0 Å². The average Bonchev–Trinajstić information content (AvgIpc) is 2.26. The summed E-state index contributed by atoms with van der Waals surface area (Å²) in [5.41, 5.74) is 5.41. The minimum absolute atomic E-state index is 0.114. The second kappa shape index (κ2) is 6.78. The third kappa shape index (κ3) is 4.88. The molecular weight excluding hydrogens is 244 g/mol. The van der Waals surface area contributed by atoms with Gasteiger partial charge in [-0.1, -0.05) is 11.6 Å². The molecule has 3 nitrogen and oxygen atoms in total. The van der Waals surface area contributed by atoms with E-state index in [0.717, 1.165) is 15.7 Å². The van der Waals surface area contributed by atoms with Crippen molar-refractivity contribution in [2.45, 2.75) is 17.9 Å². The predicted molar refractivity (Wildman–Crippen MR) is 68.8 cm³/mol. The van der Waals surface area contributed by atoms with E-state index < -0.39 is 6.04 Å². The Morgan fingerprint density at radius 3 is 2.69 bits per heavy atom. The molecule has 0 radical (unpaired) electrons. The Labute approximate surface area is 105 Å². The van der Waals surface area contributed by atoms with E-state index in [9.17, 15) is 4.79 Å². The van der Waals surface area contributed by atoms with Crippen LogP contribution in [0, 0.1) is 0 Å². The maximum absolute atomic E-state index is 11.1. The fourth-order valence-corrected chi connectivity index (χ4v) is 1.93. The molecule has 1 aromatic carbocycles. The quantitative estimate of drug-likeness (QED) is 0.627. The summed E-state index contributed by atoms with van der Waals surface area (Å²) in [7, 11) is 0. The molecule has 1 atom stereocenters. The Balaban J connectivity index is 2.21. The molecule has 3 N–H and O–H groups in total. The lowest BCUT2D eigenvalue weighted by molar-refractivity contribution is -0.121. The number of amides is 1. The van der Waals surface area contributed by atoms with Gasteiger partial charge in [0.15, 0.2) is 0 Å². The fourth-order valence-electron chi connectivity index (χ4n) is 1.03. The van der Waals surface area contributed by atoms with Gasteiger partial charge >= 0.3 is 0 Å². The second-order valence-corrected chi connectivity index (χ2v) is 4.99. The average molecular weight is 259 g/mol. The maximum Gasteiger partial charge on any atom is 0.236 e. The van der Waals surface area contributed by atoms with Gasteiger partial charge in [0.1, 0.15) is 0 Å². The molecule has 1 amide bonds. The number of thioether (sulfide) groups is 1. The van der Waals surface area contributed by atoms with Gasteiger partial charge in [-0.05, 0) is 31.2 Å². The zero-order chi connectivity index (χ0) is 12.0. The molecule has 0 bridgehead atoms. The molecule has 0 spiro atoms. The van der Waals surface area contributed by atoms with Crippen LogP contribution in [0.25, 0.3) is 0 Å². The number of nitrogens with one attached hydrogen (secondary N) is 1. The molecule has 0 aromatic heterocycles. The Morgan fingerprint density at radius 1 is 1.50 bits per heavy atom. The van der Waals surface area contributed by atoms with Crippen LogP contribution in [0.3, 0.4) is 0 Å². The molecule has 0 aliphatic rings. The number of hydrogen-bond acceptors (Lipinski definition) is 3. The first kappa shape index (κ1) is 13.4. The third-order valence-corrected chi connectivity index (χ3v) is 3.16. The van der Waals surface area contributed by atoms with Crippen LogP contribution in [0.1, 0.15) is 6.92 Å². The molecule has 0 saturated carbocycles. The Bertz CT molecular complexity index is 340. The SMILES string of the molecule is CC(N)C(=O)NCCSc1ccc(Cl)cc1. The molecule has 16 heavy (non-hydrogen) atoms. The van der Waals surface area contributed by atoms with Crippen LogP contribution >= 0.6 is 23.4 Å². The molecule has 0 aliphatic heterocycles. The van der Waals surface area contributed by atoms with Crippen molar-refractivity contribution in [1.82, 2.24) is 5.32 Å². The van der Waals surface area contributed by atoms with Gasteiger partial charge in [-0.2, -0.15) is 0 Å². The van der Waals surface area contributed by atoms with E-state index in [1.165, 1.54) is 0 Å². The van der Waals surface area contributed by atoms with Crippen molar-refractivity contribution >= 4 is 29.3 Å². The molecule has 1 unspecified atom stereocenters. The van der Waals surface area contributed by atoms with Crippen molar-refractivity contribution in [3.05, 3.63) is 29.3 Å². The lowest BCUT2D eigenvalue weighted by Crippen LogP contribution is -2.39. The highest BCUT2D eigenvalue weighted by Crippen LogP contribution is 2.19. The molecule has 0 aliphatic carbocycles. The summed E-state index contributed by atoms with van der Waals surface area (Å²) >= 11 is 7.44. The summed E-state index contributed by atoms with van der Waals surface area (Å²) < 4.78 is 0. The van der Waals surface area contributed by atoms with Crippen LogP contribution in [0.15, 0.2) is 29.2 Å². The van der Waals surface area contributed by atoms with Gasteiger partial charge < -0.3 is 11.1 Å². The van der Waals surface area contributed by atoms with Crippen LogP contribution in [0.2, 0.25) is 5.02 Å². The first-order chi connectivity index (χ1) is 7.59. The summed E-state index contributed by atoms with van der Waals surface area (Å²) in [5, 5.41) is 3.48. The van der Waals surface area contributed by atoms with Crippen LogP contribution < -0.4 is 11.1 Å². The number of carbonyl (C=O) groups excluding carboxylic acids is 1. The lowest BCUT2D eigenvalue weighted by Gasteiger charge is -2.07. The summed E-state index contributed by atoms with van der Waals surface area (Å²) in [6, 6.07) is 7.18. The molecule has 0 heterocycles. The van der Waals surface area contributed by atoms with E-state index in [1.54, 1.807) is 18.7 Å². The van der Waals surface area contributed by atoms with Crippen molar-refractivity contribution < 1.29 is 4.79 Å². The molecule has 1 rings (SSSR count). The zero-order valence-electron chi connectivity index (χ0n) is 9.07. The predicted octanol–water partition coefficient (Wildman–Crippen LogP) is 1.90. The molecule has 0 fully saturated rings. The monoisotopic (exact) mass is 258 g/mol. The Kier molecular flexibility index (Phi) is 5.66. The van der Waals surface area contributed by atoms with E-state index in [2.05, 4.69) is 5.32 Å². The van der Waals surface area contributed by atoms with Crippen molar-refractivity contribution in [3.63, 3.8) is 0 Å². The van der Waals surface area contributed by atoms with Gasteiger partial charge in [0.05, 0.1) is 6.04 Å². The van der Waals surface area contributed by atoms with Gasteiger partial charge in [0.2, 0.25) is 5.91 Å². The zero-order valence-corrected chi connectivity index (χ0v) is 10.6. The van der Waals surface area contributed by atoms with Gasteiger partial charge in [-0.15, -0.1) is 11.8 Å². The van der Waals surface area contributed by atoms with Crippen molar-refractivity contribution in [1.29, 1.82) is 0 Å². The highest BCUT2D eigenvalue weighted by atomic mass is 35.5. The fraction of sp³-hybridized carbons (Fsp3) is 0.364. The summed E-state index contributed by atoms with van der Waals surface area (Å²) in [5.74, 6) is 0.705. The summed E-state index contributed by atoms with van der Waals surface area (Å²) in [4.78, 5) is 12.3. The third-order valence-electron chi connectivity index (χ3n) is 1.90. The number of nitrogens with two attached hydrogens (primary N) is 1. The van der Waals surface area contributed by atoms with Crippen molar-refractivity contribution in [2.24, 2.45) is 5.73 Å². The maximum atomic E-state index is 11.1. The van der Waals surface area contributed by atoms with E-state index in [-0.39, 0.29) is 5.91 Å². The number of hydrogen-bond donors (Lipinski definition) is 2. The molecule has 5 heteroatoms. The standard InChI is InChI=1S/C11H15ClN2OS/c1-8(13)11(15)14-6-7-16-10-4-2-9(12)3-5-10/h2-5,8H,6-7,13H2,1H3,(H,14,15). The van der Waals surface area contributed by atoms with Gasteiger partial charge in [0.25, 0.3) is 0 Å². The normalized spacial score (nSPS) is 12.2. The van der Waals surface area contributed by atoms with E-state index >= 15 is 0 Å². The number of halogens is 1. The van der Waals surface area contributed by atoms with Gasteiger partial charge in [-0.25, -0.2) is 0 Å². The molecule has 1 aromatic rings. The molecular formula is C11H15ClN2OS. The largest absolute Gasteiger partial charge is 0.354 e.